The second-order valence-corrected chi connectivity index (χ2v) is 6.05. The minimum Gasteiger partial charge on any atom is -0.465 e. The van der Waals surface area contributed by atoms with Gasteiger partial charge in [0.25, 0.3) is 0 Å². The van der Waals surface area contributed by atoms with Crippen LogP contribution in [0.2, 0.25) is 0 Å². The molecule has 1 aromatic rings. The molecule has 4 nitrogen and oxygen atoms in total. The zero-order chi connectivity index (χ0) is 14.5. The lowest BCUT2D eigenvalue weighted by Crippen LogP contribution is -2.41. The van der Waals surface area contributed by atoms with Crippen molar-refractivity contribution in [2.45, 2.75) is 27.3 Å². The number of carbonyl (C=O) groups excluding carboxylic acids is 2. The molecule has 0 aliphatic heterocycles. The van der Waals surface area contributed by atoms with Crippen molar-refractivity contribution in [2.24, 2.45) is 5.41 Å². The third-order valence-electron chi connectivity index (χ3n) is 2.90. The van der Waals surface area contributed by atoms with Crippen LogP contribution in [0.15, 0.2) is 17.5 Å². The van der Waals surface area contributed by atoms with Crippen LogP contribution in [0.5, 0.6) is 0 Å². The largest absolute Gasteiger partial charge is 0.465 e. The van der Waals surface area contributed by atoms with Crippen LogP contribution in [-0.2, 0) is 20.9 Å². The summed E-state index contributed by atoms with van der Waals surface area (Å²) in [6, 6.07) is 4.01. The Bertz CT molecular complexity index is 426. The van der Waals surface area contributed by atoms with Gasteiger partial charge in [-0.25, -0.2) is 0 Å². The van der Waals surface area contributed by atoms with Crippen molar-refractivity contribution in [1.29, 1.82) is 0 Å². The molecular weight excluding hydrogens is 262 g/mol. The zero-order valence-corrected chi connectivity index (χ0v) is 12.8. The third kappa shape index (κ3) is 4.44. The second kappa shape index (κ2) is 6.82. The topological polar surface area (TPSA) is 46.6 Å². The van der Waals surface area contributed by atoms with E-state index in [1.54, 1.807) is 32.1 Å². The number of esters is 1. The summed E-state index contributed by atoms with van der Waals surface area (Å²) in [5.41, 5.74) is -1.08. The summed E-state index contributed by atoms with van der Waals surface area (Å²) in [6.07, 6.45) is 0. The average Bonchev–Trinajstić information content (AvgIpc) is 2.81. The molecule has 0 atom stereocenters. The maximum atomic E-state index is 12.2. The molecule has 1 aromatic heterocycles. The van der Waals surface area contributed by atoms with Crippen LogP contribution in [-0.4, -0.2) is 36.9 Å². The van der Waals surface area contributed by atoms with Crippen LogP contribution in [0, 0.1) is 5.41 Å². The average molecular weight is 283 g/mol. The standard InChI is InChI=1S/C14H21NO3S/c1-5-18-13(17)14(2,3)12(16)10-15(4)9-11-7-6-8-19-11/h6-8H,5,9-10H2,1-4H3. The number of hydrogen-bond acceptors (Lipinski definition) is 5. The molecule has 0 N–H and O–H groups in total. The molecule has 0 saturated carbocycles. The molecule has 0 bridgehead atoms. The van der Waals surface area contributed by atoms with E-state index in [1.165, 1.54) is 4.88 Å². The van der Waals surface area contributed by atoms with Crippen molar-refractivity contribution in [3.63, 3.8) is 0 Å². The Morgan fingerprint density at radius 3 is 2.63 bits per heavy atom. The highest BCUT2D eigenvalue weighted by Crippen LogP contribution is 2.20. The number of rotatable bonds is 7. The van der Waals surface area contributed by atoms with E-state index < -0.39 is 11.4 Å². The van der Waals surface area contributed by atoms with Gasteiger partial charge in [-0.1, -0.05) is 6.07 Å². The monoisotopic (exact) mass is 283 g/mol. The summed E-state index contributed by atoms with van der Waals surface area (Å²) in [5.74, 6) is -0.575. The minimum absolute atomic E-state index is 0.120. The van der Waals surface area contributed by atoms with Gasteiger partial charge in [-0.3, -0.25) is 14.5 Å². The van der Waals surface area contributed by atoms with E-state index in [4.69, 9.17) is 4.74 Å². The van der Waals surface area contributed by atoms with E-state index >= 15 is 0 Å². The van der Waals surface area contributed by atoms with Crippen molar-refractivity contribution in [2.75, 3.05) is 20.2 Å². The maximum Gasteiger partial charge on any atom is 0.319 e. The van der Waals surface area contributed by atoms with Gasteiger partial charge in [0.05, 0.1) is 13.2 Å². The Morgan fingerprint density at radius 2 is 2.11 bits per heavy atom. The highest BCUT2D eigenvalue weighted by molar-refractivity contribution is 7.09. The molecule has 1 heterocycles. The van der Waals surface area contributed by atoms with Gasteiger partial charge in [0.15, 0.2) is 5.78 Å². The molecule has 0 saturated heterocycles. The van der Waals surface area contributed by atoms with Gasteiger partial charge < -0.3 is 4.74 Å². The lowest BCUT2D eigenvalue weighted by molar-refractivity contribution is -0.158. The number of likely N-dealkylation sites (N-methyl/N-ethyl adjacent to an activating group) is 1. The molecule has 19 heavy (non-hydrogen) atoms. The van der Waals surface area contributed by atoms with Crippen LogP contribution in [0.4, 0.5) is 0 Å². The Morgan fingerprint density at radius 1 is 1.42 bits per heavy atom. The second-order valence-electron chi connectivity index (χ2n) is 5.02. The van der Waals surface area contributed by atoms with E-state index in [0.29, 0.717) is 13.2 Å². The number of ether oxygens (including phenoxy) is 1. The van der Waals surface area contributed by atoms with Crippen LogP contribution in [0.3, 0.4) is 0 Å². The molecule has 0 aliphatic rings. The number of ketones is 1. The van der Waals surface area contributed by atoms with Crippen molar-refractivity contribution in [3.8, 4) is 0 Å². The summed E-state index contributed by atoms with van der Waals surface area (Å²) >= 11 is 1.66. The number of carbonyl (C=O) groups is 2. The van der Waals surface area contributed by atoms with Gasteiger partial charge in [0, 0.05) is 11.4 Å². The quantitative estimate of drug-likeness (QED) is 0.569. The predicted molar refractivity (Wildman–Crippen MR) is 76.1 cm³/mol. The molecule has 0 aromatic carbocycles. The molecule has 0 aliphatic carbocycles. The molecule has 0 fully saturated rings. The molecule has 106 valence electrons. The van der Waals surface area contributed by atoms with E-state index in [2.05, 4.69) is 0 Å². The Kier molecular flexibility index (Phi) is 5.69. The fraction of sp³-hybridized carbons (Fsp3) is 0.571. The first-order valence-electron chi connectivity index (χ1n) is 6.29. The lowest BCUT2D eigenvalue weighted by Gasteiger charge is -2.24. The predicted octanol–water partition coefficient (Wildman–Crippen LogP) is 2.34. The summed E-state index contributed by atoms with van der Waals surface area (Å²) in [7, 11) is 1.87. The Balaban J connectivity index is 2.55. The molecule has 0 spiro atoms. The Labute approximate surface area is 118 Å². The lowest BCUT2D eigenvalue weighted by atomic mass is 9.88. The molecule has 0 amide bonds. The fourth-order valence-electron chi connectivity index (χ4n) is 1.59. The van der Waals surface area contributed by atoms with Crippen LogP contribution < -0.4 is 0 Å². The summed E-state index contributed by atoms with van der Waals surface area (Å²) in [4.78, 5) is 27.0. The van der Waals surface area contributed by atoms with E-state index in [-0.39, 0.29) is 12.3 Å². The van der Waals surface area contributed by atoms with Gasteiger partial charge in [-0.2, -0.15) is 0 Å². The highest BCUT2D eigenvalue weighted by Gasteiger charge is 2.37. The first-order chi connectivity index (χ1) is 8.87. The molecule has 0 unspecified atom stereocenters. The summed E-state index contributed by atoms with van der Waals surface area (Å²) in [5, 5.41) is 2.01. The first-order valence-corrected chi connectivity index (χ1v) is 7.17. The van der Waals surface area contributed by atoms with E-state index in [0.717, 1.165) is 0 Å². The van der Waals surface area contributed by atoms with Crippen molar-refractivity contribution < 1.29 is 14.3 Å². The van der Waals surface area contributed by atoms with Crippen molar-refractivity contribution >= 4 is 23.1 Å². The van der Waals surface area contributed by atoms with Crippen LogP contribution in [0.25, 0.3) is 0 Å². The zero-order valence-electron chi connectivity index (χ0n) is 11.9. The van der Waals surface area contributed by atoms with Crippen LogP contribution in [0.1, 0.15) is 25.6 Å². The van der Waals surface area contributed by atoms with Gasteiger partial charge in [0.2, 0.25) is 0 Å². The summed E-state index contributed by atoms with van der Waals surface area (Å²) in [6.45, 7) is 6.21. The SMILES string of the molecule is CCOC(=O)C(C)(C)C(=O)CN(C)Cc1cccs1. The third-order valence-corrected chi connectivity index (χ3v) is 3.76. The van der Waals surface area contributed by atoms with E-state index in [1.807, 2.05) is 29.5 Å². The first kappa shape index (κ1) is 15.9. The van der Waals surface area contributed by atoms with E-state index in [9.17, 15) is 9.59 Å². The van der Waals surface area contributed by atoms with Gasteiger partial charge >= 0.3 is 5.97 Å². The number of thiophene rings is 1. The van der Waals surface area contributed by atoms with Crippen molar-refractivity contribution in [1.82, 2.24) is 4.90 Å². The Hall–Kier alpha value is -1.20. The molecule has 1 rings (SSSR count). The number of Topliss-reactive ketones (excluding diaryl/α,β-unsaturated/α-hetero) is 1. The molecule has 5 heteroatoms. The number of nitrogens with zero attached hydrogens (tertiary/aromatic N) is 1. The smallest absolute Gasteiger partial charge is 0.319 e. The fourth-order valence-corrected chi connectivity index (χ4v) is 2.38. The van der Waals surface area contributed by atoms with Gasteiger partial charge in [-0.15, -0.1) is 11.3 Å². The highest BCUT2D eigenvalue weighted by atomic mass is 32.1. The van der Waals surface area contributed by atoms with Crippen molar-refractivity contribution in [3.05, 3.63) is 22.4 Å². The summed E-state index contributed by atoms with van der Waals surface area (Å²) < 4.78 is 4.94. The maximum absolute atomic E-state index is 12.2. The molecule has 0 radical (unpaired) electrons. The van der Waals surface area contributed by atoms with Crippen LogP contribution >= 0.6 is 11.3 Å². The molecular formula is C14H21NO3S. The minimum atomic E-state index is -1.08. The number of hydrogen-bond donors (Lipinski definition) is 0. The van der Waals surface area contributed by atoms with Gasteiger partial charge in [0.1, 0.15) is 5.41 Å². The normalized spacial score (nSPS) is 11.6. The van der Waals surface area contributed by atoms with Gasteiger partial charge in [-0.05, 0) is 39.3 Å².